The summed E-state index contributed by atoms with van der Waals surface area (Å²) >= 11 is 3.15. The van der Waals surface area contributed by atoms with Crippen LogP contribution in [0.15, 0.2) is 77.7 Å². The van der Waals surface area contributed by atoms with Crippen LogP contribution in [0.1, 0.15) is 22.2 Å². The molecule has 7 nitrogen and oxygen atoms in total. The van der Waals surface area contributed by atoms with Crippen molar-refractivity contribution in [2.45, 2.75) is 17.4 Å². The van der Waals surface area contributed by atoms with E-state index in [9.17, 15) is 4.79 Å². The standard InChI is InChI=1S/C25H25N5O2S2/c1-32-15-23(31)28-18-8-5-9-19(14-18)34-30-21(13-16-6-4-7-17(12-16)24(26)27)25-29-20-10-2-3-11-22(20)33-25/h2-12,14,21,30H,13,15H2,1H3,(H3,26,27)(H,28,31)/t21-/m1/s1. The lowest BCUT2D eigenvalue weighted by molar-refractivity contribution is -0.119. The number of hydrogen-bond acceptors (Lipinski definition) is 7. The first kappa shape index (κ1) is 23.9. The molecular formula is C25H25N5O2S2. The van der Waals surface area contributed by atoms with E-state index in [4.69, 9.17) is 20.9 Å². The van der Waals surface area contributed by atoms with E-state index in [1.54, 1.807) is 11.3 Å². The third-order valence-corrected chi connectivity index (χ3v) is 7.04. The molecular weight excluding hydrogens is 466 g/mol. The number of anilines is 1. The maximum absolute atomic E-state index is 11.8. The number of nitrogens with one attached hydrogen (secondary N) is 3. The molecule has 174 valence electrons. The van der Waals surface area contributed by atoms with Crippen molar-refractivity contribution < 1.29 is 9.53 Å². The SMILES string of the molecule is COCC(=O)Nc1cccc(SN[C@H](Cc2cccc(C(=N)N)c2)c2nc3ccccc3s2)c1. The highest BCUT2D eigenvalue weighted by Crippen LogP contribution is 2.31. The third kappa shape index (κ3) is 6.21. The molecule has 0 unspecified atom stereocenters. The molecule has 0 aliphatic rings. The number of carbonyl (C=O) groups excluding carboxylic acids is 1. The number of aromatic nitrogens is 1. The van der Waals surface area contributed by atoms with Crippen LogP contribution in [-0.4, -0.2) is 30.4 Å². The average Bonchev–Trinajstić information content (AvgIpc) is 3.26. The molecule has 0 saturated carbocycles. The summed E-state index contributed by atoms with van der Waals surface area (Å²) in [6.07, 6.45) is 0.679. The maximum Gasteiger partial charge on any atom is 0.250 e. The number of thiazole rings is 1. The number of nitrogens with zero attached hydrogens (tertiary/aromatic N) is 1. The number of amidine groups is 1. The number of nitrogens with two attached hydrogens (primary N) is 1. The zero-order valence-electron chi connectivity index (χ0n) is 18.6. The Bertz CT molecular complexity index is 1270. The number of para-hydroxylation sites is 1. The number of rotatable bonds is 10. The molecule has 9 heteroatoms. The second-order valence-electron chi connectivity index (χ2n) is 7.62. The van der Waals surface area contributed by atoms with Gasteiger partial charge >= 0.3 is 0 Å². The Hall–Kier alpha value is -3.24. The summed E-state index contributed by atoms with van der Waals surface area (Å²) in [5.74, 6) is -0.150. The molecule has 0 aliphatic carbocycles. The lowest BCUT2D eigenvalue weighted by Crippen LogP contribution is -2.18. The summed E-state index contributed by atoms with van der Waals surface area (Å²) in [4.78, 5) is 17.7. The van der Waals surface area contributed by atoms with Crippen molar-refractivity contribution in [3.63, 3.8) is 0 Å². The Morgan fingerprint density at radius 2 is 1.97 bits per heavy atom. The Morgan fingerprint density at radius 3 is 2.76 bits per heavy atom. The van der Waals surface area contributed by atoms with Crippen LogP contribution >= 0.6 is 23.3 Å². The predicted octanol–water partition coefficient (Wildman–Crippen LogP) is 4.75. The number of methoxy groups -OCH3 is 1. The molecule has 4 aromatic rings. The van der Waals surface area contributed by atoms with Gasteiger partial charge in [0.25, 0.3) is 0 Å². The van der Waals surface area contributed by atoms with Crippen LogP contribution in [0.2, 0.25) is 0 Å². The normalized spacial score (nSPS) is 11.9. The molecule has 1 amide bonds. The lowest BCUT2D eigenvalue weighted by atomic mass is 10.0. The van der Waals surface area contributed by atoms with Crippen LogP contribution in [0.4, 0.5) is 5.69 Å². The summed E-state index contributed by atoms with van der Waals surface area (Å²) in [6, 6.07) is 23.4. The van der Waals surface area contributed by atoms with Crippen molar-refractivity contribution in [1.29, 1.82) is 5.41 Å². The van der Waals surface area contributed by atoms with Gasteiger partial charge < -0.3 is 15.8 Å². The Labute approximate surface area is 206 Å². The molecule has 5 N–H and O–H groups in total. The number of amides is 1. The highest BCUT2D eigenvalue weighted by molar-refractivity contribution is 7.97. The van der Waals surface area contributed by atoms with Crippen molar-refractivity contribution in [3.05, 3.63) is 88.9 Å². The average molecular weight is 492 g/mol. The molecule has 1 aromatic heterocycles. The van der Waals surface area contributed by atoms with Crippen molar-refractivity contribution in [2.75, 3.05) is 19.0 Å². The summed E-state index contributed by atoms with van der Waals surface area (Å²) in [5.41, 5.74) is 9.14. The van der Waals surface area contributed by atoms with Gasteiger partial charge in [-0.1, -0.05) is 36.4 Å². The Morgan fingerprint density at radius 1 is 1.15 bits per heavy atom. The molecule has 0 fully saturated rings. The number of carbonyl (C=O) groups is 1. The van der Waals surface area contributed by atoms with Gasteiger partial charge in [-0.15, -0.1) is 11.3 Å². The fourth-order valence-electron chi connectivity index (χ4n) is 3.42. The van der Waals surface area contributed by atoms with E-state index in [2.05, 4.69) is 16.1 Å². The van der Waals surface area contributed by atoms with E-state index in [0.717, 1.165) is 25.7 Å². The molecule has 4 rings (SSSR count). The summed E-state index contributed by atoms with van der Waals surface area (Å²) in [6.45, 7) is 0.00856. The third-order valence-electron chi connectivity index (χ3n) is 5.00. The highest BCUT2D eigenvalue weighted by Gasteiger charge is 2.18. The van der Waals surface area contributed by atoms with Crippen LogP contribution in [0, 0.1) is 5.41 Å². The fourth-order valence-corrected chi connectivity index (χ4v) is 5.32. The van der Waals surface area contributed by atoms with Gasteiger partial charge in [-0.25, -0.2) is 9.71 Å². The molecule has 0 aliphatic heterocycles. The summed E-state index contributed by atoms with van der Waals surface area (Å²) in [5, 5.41) is 11.6. The van der Waals surface area contributed by atoms with E-state index in [-0.39, 0.29) is 24.4 Å². The Kier molecular flexibility index (Phi) is 7.91. The minimum Gasteiger partial charge on any atom is -0.384 e. The second-order valence-corrected chi connectivity index (χ2v) is 9.59. The Balaban J connectivity index is 1.55. The van der Waals surface area contributed by atoms with E-state index in [1.807, 2.05) is 66.7 Å². The topological polar surface area (TPSA) is 113 Å². The van der Waals surface area contributed by atoms with Gasteiger partial charge in [0, 0.05) is 23.3 Å². The van der Waals surface area contributed by atoms with Gasteiger partial charge in [0.1, 0.15) is 17.5 Å². The molecule has 1 heterocycles. The molecule has 0 bridgehead atoms. The van der Waals surface area contributed by atoms with Crippen LogP contribution in [0.5, 0.6) is 0 Å². The van der Waals surface area contributed by atoms with Crippen LogP contribution < -0.4 is 15.8 Å². The highest BCUT2D eigenvalue weighted by atomic mass is 32.2. The van der Waals surface area contributed by atoms with Gasteiger partial charge in [-0.3, -0.25) is 10.2 Å². The van der Waals surface area contributed by atoms with E-state index < -0.39 is 0 Å². The molecule has 0 radical (unpaired) electrons. The first-order chi connectivity index (χ1) is 16.5. The number of fused-ring (bicyclic) bond motifs is 1. The molecule has 0 spiro atoms. The smallest absolute Gasteiger partial charge is 0.250 e. The van der Waals surface area contributed by atoms with E-state index in [0.29, 0.717) is 17.7 Å². The zero-order valence-corrected chi connectivity index (χ0v) is 20.2. The van der Waals surface area contributed by atoms with Gasteiger partial charge in [-0.05, 0) is 60.3 Å². The largest absolute Gasteiger partial charge is 0.384 e. The van der Waals surface area contributed by atoms with Gasteiger partial charge in [-0.2, -0.15) is 0 Å². The number of ether oxygens (including phenoxy) is 1. The number of benzene rings is 3. The quantitative estimate of drug-likeness (QED) is 0.145. The minimum atomic E-state index is -0.199. The lowest BCUT2D eigenvalue weighted by Gasteiger charge is -2.17. The predicted molar refractivity (Wildman–Crippen MR) is 139 cm³/mol. The fraction of sp³-hybridized carbons (Fsp3) is 0.160. The van der Waals surface area contributed by atoms with Gasteiger partial charge in [0.15, 0.2) is 0 Å². The maximum atomic E-state index is 11.8. The zero-order chi connectivity index (χ0) is 23.9. The molecule has 34 heavy (non-hydrogen) atoms. The van der Waals surface area contributed by atoms with Crippen LogP contribution in [0.25, 0.3) is 10.2 Å². The molecule has 1 atom stereocenters. The van der Waals surface area contributed by atoms with Crippen molar-refractivity contribution >= 4 is 50.9 Å². The van der Waals surface area contributed by atoms with E-state index >= 15 is 0 Å². The van der Waals surface area contributed by atoms with Crippen LogP contribution in [-0.2, 0) is 16.0 Å². The van der Waals surface area contributed by atoms with Gasteiger partial charge in [0.05, 0.1) is 16.3 Å². The van der Waals surface area contributed by atoms with E-state index in [1.165, 1.54) is 19.1 Å². The number of hydrogen-bond donors (Lipinski definition) is 4. The first-order valence-electron chi connectivity index (χ1n) is 10.6. The van der Waals surface area contributed by atoms with Gasteiger partial charge in [0.2, 0.25) is 5.91 Å². The first-order valence-corrected chi connectivity index (χ1v) is 12.2. The van der Waals surface area contributed by atoms with Crippen molar-refractivity contribution in [1.82, 2.24) is 9.71 Å². The van der Waals surface area contributed by atoms with Crippen molar-refractivity contribution in [3.8, 4) is 0 Å². The van der Waals surface area contributed by atoms with Crippen LogP contribution in [0.3, 0.4) is 0 Å². The number of nitrogen functional groups attached to an aromatic ring is 1. The summed E-state index contributed by atoms with van der Waals surface area (Å²) < 4.78 is 9.57. The monoisotopic (exact) mass is 491 g/mol. The van der Waals surface area contributed by atoms with Crippen molar-refractivity contribution in [2.24, 2.45) is 5.73 Å². The molecule has 3 aromatic carbocycles. The second kappa shape index (κ2) is 11.3. The molecule has 0 saturated heterocycles. The minimum absolute atomic E-state index is 0.00856. The summed E-state index contributed by atoms with van der Waals surface area (Å²) in [7, 11) is 1.49.